The van der Waals surface area contributed by atoms with Gasteiger partial charge in [0, 0.05) is 12.1 Å². The summed E-state index contributed by atoms with van der Waals surface area (Å²) in [5.41, 5.74) is 2.21. The van der Waals surface area contributed by atoms with E-state index in [1.54, 1.807) is 7.05 Å². The first-order valence-electron chi connectivity index (χ1n) is 6.97. The fourth-order valence-corrected chi connectivity index (χ4v) is 3.35. The Kier molecular flexibility index (Phi) is 4.38. The second kappa shape index (κ2) is 6.62. The van der Waals surface area contributed by atoms with Gasteiger partial charge < -0.3 is 10.1 Å². The predicted octanol–water partition coefficient (Wildman–Crippen LogP) is 3.61. The Labute approximate surface area is 137 Å². The summed E-state index contributed by atoms with van der Waals surface area (Å²) < 4.78 is 1.45. The average Bonchev–Trinajstić information content (AvgIpc) is 2.95. The van der Waals surface area contributed by atoms with Gasteiger partial charge in [-0.3, -0.25) is 0 Å². The Bertz CT molecular complexity index is 766. The number of benzene rings is 2. The second-order valence-corrected chi connectivity index (χ2v) is 5.97. The Balaban J connectivity index is 1.98. The molecule has 2 aromatic carbocycles. The lowest BCUT2D eigenvalue weighted by Crippen LogP contribution is -2.00. The van der Waals surface area contributed by atoms with Crippen molar-refractivity contribution in [2.24, 2.45) is 7.05 Å². The smallest absolute Gasteiger partial charge is 0.390 e. The van der Waals surface area contributed by atoms with Crippen LogP contribution in [0.25, 0.3) is 0 Å². The van der Waals surface area contributed by atoms with Crippen molar-refractivity contribution in [3.05, 3.63) is 81.9 Å². The molecular formula is C16H14N4O2S. The Hall–Kier alpha value is -2.67. The van der Waals surface area contributed by atoms with Gasteiger partial charge in [-0.15, -0.1) is 0 Å². The van der Waals surface area contributed by atoms with Crippen LogP contribution in [0.15, 0.2) is 65.8 Å². The zero-order chi connectivity index (χ0) is 16.2. The Morgan fingerprint density at radius 1 is 1.04 bits per heavy atom. The zero-order valence-corrected chi connectivity index (χ0v) is 13.2. The molecule has 0 aliphatic rings. The van der Waals surface area contributed by atoms with Crippen LogP contribution in [0.3, 0.4) is 0 Å². The molecule has 0 aliphatic heterocycles. The summed E-state index contributed by atoms with van der Waals surface area (Å²) in [4.78, 5) is 14.3. The average molecular weight is 326 g/mol. The first-order chi connectivity index (χ1) is 11.1. The van der Waals surface area contributed by atoms with Crippen LogP contribution in [0.1, 0.15) is 16.4 Å². The lowest BCUT2D eigenvalue weighted by atomic mass is 10.0. The van der Waals surface area contributed by atoms with E-state index in [4.69, 9.17) is 0 Å². The number of thioether (sulfide) groups is 1. The summed E-state index contributed by atoms with van der Waals surface area (Å²) >= 11 is 1.44. The minimum Gasteiger partial charge on any atom is -0.390 e. The highest BCUT2D eigenvalue weighted by molar-refractivity contribution is 7.99. The van der Waals surface area contributed by atoms with Crippen molar-refractivity contribution < 1.29 is 4.92 Å². The molecule has 116 valence electrons. The van der Waals surface area contributed by atoms with Gasteiger partial charge in [0.05, 0.1) is 5.25 Å². The molecule has 0 N–H and O–H groups in total. The highest BCUT2D eigenvalue weighted by Gasteiger charge is 2.25. The van der Waals surface area contributed by atoms with Crippen molar-refractivity contribution in [3.8, 4) is 0 Å². The number of rotatable bonds is 5. The third-order valence-electron chi connectivity index (χ3n) is 3.30. The maximum Gasteiger partial charge on any atom is 0.492 e. The van der Waals surface area contributed by atoms with Crippen LogP contribution in [-0.2, 0) is 7.05 Å². The van der Waals surface area contributed by atoms with Gasteiger partial charge in [0.1, 0.15) is 0 Å². The largest absolute Gasteiger partial charge is 0.492 e. The number of aromatic nitrogens is 3. The van der Waals surface area contributed by atoms with Crippen molar-refractivity contribution >= 4 is 17.7 Å². The molecule has 0 radical (unpaired) electrons. The van der Waals surface area contributed by atoms with Crippen LogP contribution < -0.4 is 0 Å². The molecular weight excluding hydrogens is 312 g/mol. The second-order valence-electron chi connectivity index (χ2n) is 4.89. The minimum absolute atomic E-state index is 0.0140. The van der Waals surface area contributed by atoms with Gasteiger partial charge in [0.25, 0.3) is 5.16 Å². The molecule has 1 aromatic heterocycles. The predicted molar refractivity (Wildman–Crippen MR) is 88.2 cm³/mol. The SMILES string of the molecule is Cn1nc([N+](=O)[O-])nc1SC(c1ccccc1)c1ccccc1. The maximum absolute atomic E-state index is 10.9. The van der Waals surface area contributed by atoms with E-state index < -0.39 is 4.92 Å². The summed E-state index contributed by atoms with van der Waals surface area (Å²) in [5.74, 6) is -0.380. The summed E-state index contributed by atoms with van der Waals surface area (Å²) in [6, 6.07) is 20.0. The van der Waals surface area contributed by atoms with E-state index in [1.807, 2.05) is 60.7 Å². The normalized spacial score (nSPS) is 10.9. The molecule has 0 amide bonds. The molecule has 1 heterocycles. The molecule has 0 bridgehead atoms. The highest BCUT2D eigenvalue weighted by atomic mass is 32.2. The molecule has 3 rings (SSSR count). The van der Waals surface area contributed by atoms with Crippen molar-refractivity contribution in [1.82, 2.24) is 14.8 Å². The molecule has 0 spiro atoms. The lowest BCUT2D eigenvalue weighted by molar-refractivity contribution is -0.394. The molecule has 3 aromatic rings. The summed E-state index contributed by atoms with van der Waals surface area (Å²) in [6.45, 7) is 0. The van der Waals surface area contributed by atoms with E-state index in [0.29, 0.717) is 5.16 Å². The highest BCUT2D eigenvalue weighted by Crippen LogP contribution is 2.39. The van der Waals surface area contributed by atoms with Crippen LogP contribution in [0.4, 0.5) is 5.95 Å². The molecule has 0 atom stereocenters. The fourth-order valence-electron chi connectivity index (χ4n) is 2.23. The summed E-state index contributed by atoms with van der Waals surface area (Å²) in [7, 11) is 1.66. The van der Waals surface area contributed by atoms with Gasteiger partial charge in [-0.1, -0.05) is 72.4 Å². The molecule has 23 heavy (non-hydrogen) atoms. The molecule has 0 saturated heterocycles. The van der Waals surface area contributed by atoms with Gasteiger partial charge in [-0.05, 0) is 21.0 Å². The van der Waals surface area contributed by atoms with E-state index in [-0.39, 0.29) is 11.2 Å². The van der Waals surface area contributed by atoms with E-state index in [2.05, 4.69) is 10.1 Å². The number of nitrogens with zero attached hydrogens (tertiary/aromatic N) is 4. The Morgan fingerprint density at radius 3 is 2.00 bits per heavy atom. The topological polar surface area (TPSA) is 73.8 Å². The van der Waals surface area contributed by atoms with E-state index >= 15 is 0 Å². The van der Waals surface area contributed by atoms with Gasteiger partial charge in [0.15, 0.2) is 0 Å². The minimum atomic E-state index is -0.579. The quantitative estimate of drug-likeness (QED) is 0.407. The van der Waals surface area contributed by atoms with E-state index in [9.17, 15) is 10.1 Å². The number of hydrogen-bond acceptors (Lipinski definition) is 5. The molecule has 0 unspecified atom stereocenters. The molecule has 0 aliphatic carbocycles. The van der Waals surface area contributed by atoms with Gasteiger partial charge in [-0.2, -0.15) is 4.68 Å². The summed E-state index contributed by atoms with van der Waals surface area (Å²) in [5, 5.41) is 15.2. The lowest BCUT2D eigenvalue weighted by Gasteiger charge is -2.15. The standard InChI is InChI=1S/C16H14N4O2S/c1-19-16(17-15(18-19)20(21)22)23-14(12-8-4-2-5-9-12)13-10-6-3-7-11-13/h2-11,14H,1H3. The van der Waals surface area contributed by atoms with E-state index in [0.717, 1.165) is 11.1 Å². The van der Waals surface area contributed by atoms with Crippen molar-refractivity contribution in [3.63, 3.8) is 0 Å². The Morgan fingerprint density at radius 2 is 1.57 bits per heavy atom. The monoisotopic (exact) mass is 326 g/mol. The summed E-state index contributed by atoms with van der Waals surface area (Å²) in [6.07, 6.45) is 0. The third-order valence-corrected chi connectivity index (χ3v) is 4.65. The molecule has 7 heteroatoms. The molecule has 0 fully saturated rings. The van der Waals surface area contributed by atoms with Crippen LogP contribution in [0, 0.1) is 10.1 Å². The zero-order valence-electron chi connectivity index (χ0n) is 12.4. The van der Waals surface area contributed by atoms with Crippen LogP contribution in [-0.4, -0.2) is 19.7 Å². The third kappa shape index (κ3) is 3.40. The number of aryl methyl sites for hydroxylation is 1. The number of nitro groups is 1. The van der Waals surface area contributed by atoms with Crippen LogP contribution in [0.2, 0.25) is 0 Å². The van der Waals surface area contributed by atoms with Gasteiger partial charge in [-0.25, -0.2) is 0 Å². The van der Waals surface area contributed by atoms with Crippen LogP contribution >= 0.6 is 11.8 Å². The number of hydrogen-bond donors (Lipinski definition) is 0. The van der Waals surface area contributed by atoms with Gasteiger partial charge in [0.2, 0.25) is 0 Å². The first-order valence-corrected chi connectivity index (χ1v) is 7.85. The molecule has 0 saturated carbocycles. The maximum atomic E-state index is 10.9. The fraction of sp³-hybridized carbons (Fsp3) is 0.125. The van der Waals surface area contributed by atoms with Crippen LogP contribution in [0.5, 0.6) is 0 Å². The first kappa shape index (κ1) is 15.2. The van der Waals surface area contributed by atoms with E-state index in [1.165, 1.54) is 16.4 Å². The van der Waals surface area contributed by atoms with Crippen molar-refractivity contribution in [2.75, 3.05) is 0 Å². The van der Waals surface area contributed by atoms with Crippen molar-refractivity contribution in [2.45, 2.75) is 10.4 Å². The van der Waals surface area contributed by atoms with Crippen molar-refractivity contribution in [1.29, 1.82) is 0 Å². The molecule has 6 nitrogen and oxygen atoms in total. The van der Waals surface area contributed by atoms with Gasteiger partial charge >= 0.3 is 5.95 Å².